The number of hydrogen-bond acceptors (Lipinski definition) is 0. The number of fused-ring (bicyclic) bond motifs is 2. The highest BCUT2D eigenvalue weighted by molar-refractivity contribution is 5.08. The minimum Gasteiger partial charge on any atom is -0.0885 e. The van der Waals surface area contributed by atoms with E-state index in [1.54, 1.807) is 5.57 Å². The van der Waals surface area contributed by atoms with Crippen LogP contribution in [0.3, 0.4) is 0 Å². The van der Waals surface area contributed by atoms with E-state index >= 15 is 0 Å². The molecule has 2 aliphatic carbocycles. The van der Waals surface area contributed by atoms with Gasteiger partial charge in [-0.15, -0.1) is 0 Å². The van der Waals surface area contributed by atoms with Crippen molar-refractivity contribution in [3.63, 3.8) is 0 Å². The molecule has 0 N–H and O–H groups in total. The van der Waals surface area contributed by atoms with Crippen molar-refractivity contribution in [1.82, 2.24) is 0 Å². The SMILES string of the molecule is C1=C2/CCC(CCCCC/C=C/CCCCCCC/1)C2. The van der Waals surface area contributed by atoms with Crippen LogP contribution in [0.25, 0.3) is 0 Å². The predicted octanol–water partition coefficient (Wildman–Crippen LogP) is 6.96. The molecular weight excluding hydrogens is 240 g/mol. The van der Waals surface area contributed by atoms with E-state index in [9.17, 15) is 0 Å². The molecule has 2 aliphatic rings. The van der Waals surface area contributed by atoms with Crippen molar-refractivity contribution < 1.29 is 0 Å². The van der Waals surface area contributed by atoms with Crippen molar-refractivity contribution in [3.8, 4) is 0 Å². The number of rotatable bonds is 0. The summed E-state index contributed by atoms with van der Waals surface area (Å²) in [5.41, 5.74) is 1.79. The highest BCUT2D eigenvalue weighted by Crippen LogP contribution is 2.34. The lowest BCUT2D eigenvalue weighted by atomic mass is 9.98. The molecule has 1 unspecified atom stereocenters. The molecule has 0 spiro atoms. The standard InChI is InChI=1S/C20H34/c1-2-4-6-8-10-12-14-19-16-17-20(18-19)15-13-11-9-7-5-3-1/h2,4,15,19H,1,3,5-14,16-18H2/b4-2+,20-15-. The maximum absolute atomic E-state index is 2.59. The van der Waals surface area contributed by atoms with Gasteiger partial charge in [-0.05, 0) is 63.7 Å². The van der Waals surface area contributed by atoms with Gasteiger partial charge in [-0.2, -0.15) is 0 Å². The molecule has 0 aromatic heterocycles. The van der Waals surface area contributed by atoms with Gasteiger partial charge in [0.1, 0.15) is 0 Å². The second-order valence-corrected chi connectivity index (χ2v) is 6.93. The van der Waals surface area contributed by atoms with E-state index < -0.39 is 0 Å². The topological polar surface area (TPSA) is 0 Å². The minimum atomic E-state index is 1.02. The average Bonchev–Trinajstić information content (AvgIpc) is 2.90. The third-order valence-electron chi connectivity index (χ3n) is 5.08. The van der Waals surface area contributed by atoms with Crippen LogP contribution < -0.4 is 0 Å². The molecule has 2 rings (SSSR count). The smallest absolute Gasteiger partial charge is 0.0292 e. The maximum atomic E-state index is 2.59. The van der Waals surface area contributed by atoms with E-state index in [1.807, 2.05) is 0 Å². The van der Waals surface area contributed by atoms with Crippen LogP contribution in [0.1, 0.15) is 96.3 Å². The molecule has 0 saturated heterocycles. The van der Waals surface area contributed by atoms with Crippen molar-refractivity contribution in [2.75, 3.05) is 0 Å². The lowest BCUT2D eigenvalue weighted by Gasteiger charge is -2.07. The van der Waals surface area contributed by atoms with Crippen molar-refractivity contribution in [3.05, 3.63) is 23.8 Å². The summed E-state index contributed by atoms with van der Waals surface area (Å²) in [5, 5.41) is 0. The maximum Gasteiger partial charge on any atom is -0.0292 e. The lowest BCUT2D eigenvalue weighted by Crippen LogP contribution is -1.93. The summed E-state index contributed by atoms with van der Waals surface area (Å²) in [5.74, 6) is 1.02. The van der Waals surface area contributed by atoms with Gasteiger partial charge < -0.3 is 0 Å². The Labute approximate surface area is 126 Å². The van der Waals surface area contributed by atoms with Crippen molar-refractivity contribution in [2.45, 2.75) is 96.3 Å². The quantitative estimate of drug-likeness (QED) is 0.419. The van der Waals surface area contributed by atoms with Crippen LogP contribution >= 0.6 is 0 Å². The van der Waals surface area contributed by atoms with E-state index in [0.717, 1.165) is 5.92 Å². The van der Waals surface area contributed by atoms with E-state index in [1.165, 1.54) is 96.3 Å². The molecular formula is C20H34. The molecule has 114 valence electrons. The zero-order valence-electron chi connectivity index (χ0n) is 13.4. The molecule has 0 aromatic rings. The van der Waals surface area contributed by atoms with Crippen molar-refractivity contribution in [2.24, 2.45) is 5.92 Å². The molecule has 0 nitrogen and oxygen atoms in total. The van der Waals surface area contributed by atoms with Crippen LogP contribution in [-0.4, -0.2) is 0 Å². The fourth-order valence-electron chi connectivity index (χ4n) is 3.75. The highest BCUT2D eigenvalue weighted by atomic mass is 14.2. The predicted molar refractivity (Wildman–Crippen MR) is 90.0 cm³/mol. The molecule has 1 saturated carbocycles. The molecule has 0 aromatic carbocycles. The van der Waals surface area contributed by atoms with Crippen LogP contribution in [0.15, 0.2) is 23.8 Å². The number of hydrogen-bond donors (Lipinski definition) is 0. The Morgan fingerprint density at radius 1 is 0.650 bits per heavy atom. The van der Waals surface area contributed by atoms with E-state index in [0.29, 0.717) is 0 Å². The van der Waals surface area contributed by atoms with Crippen LogP contribution in [0.4, 0.5) is 0 Å². The normalized spacial score (nSPS) is 31.8. The summed E-state index contributed by atoms with van der Waals surface area (Å²) in [4.78, 5) is 0. The van der Waals surface area contributed by atoms with Gasteiger partial charge in [-0.25, -0.2) is 0 Å². The van der Waals surface area contributed by atoms with Gasteiger partial charge in [-0.3, -0.25) is 0 Å². The summed E-state index contributed by atoms with van der Waals surface area (Å²) in [6.07, 6.45) is 28.7. The summed E-state index contributed by atoms with van der Waals surface area (Å²) < 4.78 is 0. The molecule has 0 aliphatic heterocycles. The van der Waals surface area contributed by atoms with Crippen LogP contribution in [0.2, 0.25) is 0 Å². The molecule has 20 heavy (non-hydrogen) atoms. The second kappa shape index (κ2) is 10.2. The van der Waals surface area contributed by atoms with Crippen LogP contribution in [-0.2, 0) is 0 Å². The Kier molecular flexibility index (Phi) is 8.12. The van der Waals surface area contributed by atoms with Gasteiger partial charge >= 0.3 is 0 Å². The number of allylic oxidation sites excluding steroid dienone is 4. The van der Waals surface area contributed by atoms with E-state index in [2.05, 4.69) is 18.2 Å². The summed E-state index contributed by atoms with van der Waals surface area (Å²) in [6.45, 7) is 0. The van der Waals surface area contributed by atoms with E-state index in [4.69, 9.17) is 0 Å². The minimum absolute atomic E-state index is 1.02. The van der Waals surface area contributed by atoms with Crippen LogP contribution in [0, 0.1) is 5.92 Å². The first kappa shape index (κ1) is 15.9. The Balaban J connectivity index is 1.72. The summed E-state index contributed by atoms with van der Waals surface area (Å²) in [6, 6.07) is 0. The van der Waals surface area contributed by atoms with Gasteiger partial charge in [-0.1, -0.05) is 62.3 Å². The Bertz CT molecular complexity index is 297. The van der Waals surface area contributed by atoms with Gasteiger partial charge in [0.2, 0.25) is 0 Å². The summed E-state index contributed by atoms with van der Waals surface area (Å²) in [7, 11) is 0. The average molecular weight is 274 g/mol. The first-order valence-corrected chi connectivity index (χ1v) is 9.28. The highest BCUT2D eigenvalue weighted by Gasteiger charge is 2.18. The molecule has 2 bridgehead atoms. The lowest BCUT2D eigenvalue weighted by molar-refractivity contribution is 0.473. The van der Waals surface area contributed by atoms with Crippen molar-refractivity contribution >= 4 is 0 Å². The van der Waals surface area contributed by atoms with E-state index in [-0.39, 0.29) is 0 Å². The fourth-order valence-corrected chi connectivity index (χ4v) is 3.75. The Hall–Kier alpha value is -0.520. The van der Waals surface area contributed by atoms with Crippen molar-refractivity contribution in [1.29, 1.82) is 0 Å². The third kappa shape index (κ3) is 6.77. The van der Waals surface area contributed by atoms with Crippen LogP contribution in [0.5, 0.6) is 0 Å². The Morgan fingerprint density at radius 3 is 2.10 bits per heavy atom. The van der Waals surface area contributed by atoms with Gasteiger partial charge in [0.15, 0.2) is 0 Å². The molecule has 1 atom stereocenters. The molecule has 0 heteroatoms. The monoisotopic (exact) mass is 274 g/mol. The van der Waals surface area contributed by atoms with Gasteiger partial charge in [0.05, 0.1) is 0 Å². The second-order valence-electron chi connectivity index (χ2n) is 6.93. The van der Waals surface area contributed by atoms with Gasteiger partial charge in [0.25, 0.3) is 0 Å². The fraction of sp³-hybridized carbons (Fsp3) is 0.800. The zero-order valence-corrected chi connectivity index (χ0v) is 13.4. The zero-order chi connectivity index (χ0) is 13.9. The molecule has 0 radical (unpaired) electrons. The Morgan fingerprint density at radius 2 is 1.30 bits per heavy atom. The van der Waals surface area contributed by atoms with Gasteiger partial charge in [0, 0.05) is 0 Å². The molecule has 0 amide bonds. The summed E-state index contributed by atoms with van der Waals surface area (Å²) >= 11 is 0. The first-order valence-electron chi connectivity index (χ1n) is 9.28. The molecule has 0 heterocycles. The first-order chi connectivity index (χ1) is 9.95. The third-order valence-corrected chi connectivity index (χ3v) is 5.08. The largest absolute Gasteiger partial charge is 0.0885 e. The molecule has 1 fully saturated rings.